The summed E-state index contributed by atoms with van der Waals surface area (Å²) in [7, 11) is 0. The molecule has 0 aliphatic rings. The van der Waals surface area contributed by atoms with Crippen LogP contribution in [0.4, 0.5) is 0 Å². The number of carbonyl (C=O) groups is 1. The van der Waals surface area contributed by atoms with E-state index in [9.17, 15) is 9.90 Å². The molecule has 3 nitrogen and oxygen atoms in total. The number of benzene rings is 1. The van der Waals surface area contributed by atoms with E-state index >= 15 is 0 Å². The van der Waals surface area contributed by atoms with Crippen LogP contribution in [0.25, 0.3) is 0 Å². The molecule has 1 amide bonds. The minimum atomic E-state index is -0.210. The Morgan fingerprint density at radius 1 is 1.60 bits per heavy atom. The summed E-state index contributed by atoms with van der Waals surface area (Å²) >= 11 is 0. The Morgan fingerprint density at radius 2 is 2.33 bits per heavy atom. The zero-order valence-corrected chi connectivity index (χ0v) is 8.58. The van der Waals surface area contributed by atoms with Gasteiger partial charge in [-0.25, -0.2) is 0 Å². The first-order valence-electron chi connectivity index (χ1n) is 4.67. The van der Waals surface area contributed by atoms with Gasteiger partial charge in [0.05, 0.1) is 0 Å². The second-order valence-corrected chi connectivity index (χ2v) is 3.16. The monoisotopic (exact) mass is 203 g/mol. The topological polar surface area (TPSA) is 49.3 Å². The number of phenolic OH excluding ortho intramolecular Hbond substituents is 1. The first-order chi connectivity index (χ1) is 7.16. The molecule has 0 saturated heterocycles. The SMILES string of the molecule is C#CCCNC(=O)c1cccc(O)c1C. The molecule has 1 aromatic carbocycles. The Hall–Kier alpha value is -1.95. The van der Waals surface area contributed by atoms with Gasteiger partial charge >= 0.3 is 0 Å². The van der Waals surface area contributed by atoms with Crippen LogP contribution in [0.2, 0.25) is 0 Å². The number of phenols is 1. The number of amides is 1. The van der Waals surface area contributed by atoms with Crippen molar-refractivity contribution in [3.05, 3.63) is 29.3 Å². The van der Waals surface area contributed by atoms with Crippen molar-refractivity contribution in [2.75, 3.05) is 6.54 Å². The standard InChI is InChI=1S/C12H13NO2/c1-3-4-8-13-12(15)10-6-5-7-11(14)9(10)2/h1,5-7,14H,4,8H2,2H3,(H,13,15). The van der Waals surface area contributed by atoms with Gasteiger partial charge in [-0.2, -0.15) is 0 Å². The first kappa shape index (κ1) is 11.1. The molecule has 15 heavy (non-hydrogen) atoms. The predicted molar refractivity (Wildman–Crippen MR) is 58.6 cm³/mol. The molecule has 3 heteroatoms. The van der Waals surface area contributed by atoms with Crippen LogP contribution in [-0.4, -0.2) is 17.6 Å². The highest BCUT2D eigenvalue weighted by Gasteiger charge is 2.09. The van der Waals surface area contributed by atoms with Crippen molar-refractivity contribution in [3.8, 4) is 18.1 Å². The minimum Gasteiger partial charge on any atom is -0.508 e. The van der Waals surface area contributed by atoms with E-state index in [-0.39, 0.29) is 11.7 Å². The van der Waals surface area contributed by atoms with Gasteiger partial charge in [-0.05, 0) is 19.1 Å². The fourth-order valence-corrected chi connectivity index (χ4v) is 1.21. The van der Waals surface area contributed by atoms with E-state index in [1.54, 1.807) is 25.1 Å². The second kappa shape index (κ2) is 5.06. The fourth-order valence-electron chi connectivity index (χ4n) is 1.21. The number of hydrogen-bond acceptors (Lipinski definition) is 2. The maximum Gasteiger partial charge on any atom is 0.251 e. The Morgan fingerprint density at radius 3 is 3.00 bits per heavy atom. The van der Waals surface area contributed by atoms with Crippen LogP contribution >= 0.6 is 0 Å². The summed E-state index contributed by atoms with van der Waals surface area (Å²) in [6.45, 7) is 2.15. The van der Waals surface area contributed by atoms with Crippen LogP contribution in [-0.2, 0) is 0 Å². The summed E-state index contributed by atoms with van der Waals surface area (Å²) in [5.74, 6) is 2.35. The normalized spacial score (nSPS) is 9.33. The molecule has 78 valence electrons. The van der Waals surface area contributed by atoms with E-state index in [0.717, 1.165) is 0 Å². The molecule has 1 aromatic rings. The number of terminal acetylenes is 1. The number of carbonyl (C=O) groups excluding carboxylic acids is 1. The Balaban J connectivity index is 2.75. The van der Waals surface area contributed by atoms with Gasteiger partial charge in [0.1, 0.15) is 5.75 Å². The maximum absolute atomic E-state index is 11.6. The lowest BCUT2D eigenvalue weighted by atomic mass is 10.1. The van der Waals surface area contributed by atoms with Crippen molar-refractivity contribution in [2.45, 2.75) is 13.3 Å². The lowest BCUT2D eigenvalue weighted by molar-refractivity contribution is 0.0953. The van der Waals surface area contributed by atoms with Crippen molar-refractivity contribution < 1.29 is 9.90 Å². The van der Waals surface area contributed by atoms with Crippen LogP contribution in [0.1, 0.15) is 22.3 Å². The minimum absolute atomic E-state index is 0.125. The molecule has 0 fully saturated rings. The van der Waals surface area contributed by atoms with Gasteiger partial charge in [-0.15, -0.1) is 12.3 Å². The first-order valence-corrected chi connectivity index (χ1v) is 4.67. The van der Waals surface area contributed by atoms with Crippen molar-refractivity contribution in [2.24, 2.45) is 0 Å². The van der Waals surface area contributed by atoms with Gasteiger partial charge in [0, 0.05) is 24.1 Å². The van der Waals surface area contributed by atoms with Gasteiger partial charge in [0.2, 0.25) is 0 Å². The number of aromatic hydroxyl groups is 1. The van der Waals surface area contributed by atoms with E-state index in [1.165, 1.54) is 0 Å². The van der Waals surface area contributed by atoms with Crippen molar-refractivity contribution in [3.63, 3.8) is 0 Å². The summed E-state index contributed by atoms with van der Waals surface area (Å²) in [5.41, 5.74) is 1.06. The van der Waals surface area contributed by atoms with E-state index < -0.39 is 0 Å². The molecular formula is C12H13NO2. The Bertz CT molecular complexity index is 405. The lowest BCUT2D eigenvalue weighted by Crippen LogP contribution is -2.24. The van der Waals surface area contributed by atoms with Gasteiger partial charge < -0.3 is 10.4 Å². The molecular weight excluding hydrogens is 190 g/mol. The van der Waals surface area contributed by atoms with Gasteiger partial charge in [-0.3, -0.25) is 4.79 Å². The molecule has 0 aliphatic carbocycles. The lowest BCUT2D eigenvalue weighted by Gasteiger charge is -2.07. The zero-order chi connectivity index (χ0) is 11.3. The third-order valence-corrected chi connectivity index (χ3v) is 2.10. The van der Waals surface area contributed by atoms with Crippen LogP contribution in [0.3, 0.4) is 0 Å². The van der Waals surface area contributed by atoms with E-state index in [2.05, 4.69) is 11.2 Å². The maximum atomic E-state index is 11.6. The summed E-state index contributed by atoms with van der Waals surface area (Å²) in [4.78, 5) is 11.6. The molecule has 1 rings (SSSR count). The molecule has 0 heterocycles. The Kier molecular flexibility index (Phi) is 3.75. The van der Waals surface area contributed by atoms with Crippen molar-refractivity contribution in [1.82, 2.24) is 5.32 Å². The third kappa shape index (κ3) is 2.75. The van der Waals surface area contributed by atoms with Crippen molar-refractivity contribution in [1.29, 1.82) is 0 Å². The van der Waals surface area contributed by atoms with Gasteiger partial charge in [-0.1, -0.05) is 6.07 Å². The highest BCUT2D eigenvalue weighted by molar-refractivity contribution is 5.96. The third-order valence-electron chi connectivity index (χ3n) is 2.10. The van der Waals surface area contributed by atoms with E-state index in [1.807, 2.05) is 0 Å². The van der Waals surface area contributed by atoms with Crippen LogP contribution in [0, 0.1) is 19.3 Å². The number of nitrogens with one attached hydrogen (secondary N) is 1. The highest BCUT2D eigenvalue weighted by Crippen LogP contribution is 2.19. The van der Waals surface area contributed by atoms with E-state index in [4.69, 9.17) is 6.42 Å². The summed E-state index contributed by atoms with van der Waals surface area (Å²) in [6, 6.07) is 4.85. The summed E-state index contributed by atoms with van der Waals surface area (Å²) < 4.78 is 0. The molecule has 0 atom stereocenters. The average molecular weight is 203 g/mol. The summed E-state index contributed by atoms with van der Waals surface area (Å²) in [6.07, 6.45) is 5.57. The highest BCUT2D eigenvalue weighted by atomic mass is 16.3. The molecule has 0 saturated carbocycles. The summed E-state index contributed by atoms with van der Waals surface area (Å²) in [5, 5.41) is 12.1. The molecule has 0 aromatic heterocycles. The molecule has 0 bridgehead atoms. The molecule has 0 unspecified atom stereocenters. The molecule has 0 aliphatic heterocycles. The molecule has 0 radical (unpaired) electrons. The van der Waals surface area contributed by atoms with Crippen LogP contribution < -0.4 is 5.32 Å². The average Bonchev–Trinajstić information content (AvgIpc) is 2.22. The van der Waals surface area contributed by atoms with Gasteiger partial charge in [0.25, 0.3) is 5.91 Å². The van der Waals surface area contributed by atoms with Crippen LogP contribution in [0.15, 0.2) is 18.2 Å². The molecule has 2 N–H and O–H groups in total. The van der Waals surface area contributed by atoms with E-state index in [0.29, 0.717) is 24.1 Å². The molecule has 0 spiro atoms. The quantitative estimate of drug-likeness (QED) is 0.577. The van der Waals surface area contributed by atoms with Crippen LogP contribution in [0.5, 0.6) is 5.75 Å². The fraction of sp³-hybridized carbons (Fsp3) is 0.250. The second-order valence-electron chi connectivity index (χ2n) is 3.16. The number of rotatable bonds is 3. The largest absolute Gasteiger partial charge is 0.508 e. The Labute approximate surface area is 89.1 Å². The number of hydrogen-bond donors (Lipinski definition) is 2. The zero-order valence-electron chi connectivity index (χ0n) is 8.58. The van der Waals surface area contributed by atoms with Gasteiger partial charge in [0.15, 0.2) is 0 Å². The predicted octanol–water partition coefficient (Wildman–Crippen LogP) is 1.45. The smallest absolute Gasteiger partial charge is 0.251 e. The van der Waals surface area contributed by atoms with Crippen molar-refractivity contribution >= 4 is 5.91 Å².